The fraction of sp³-hybridized carbons (Fsp3) is 0.793. The lowest BCUT2D eigenvalue weighted by atomic mass is 9.43. The molecule has 7 nitrogen and oxygen atoms in total. The Bertz CT molecular complexity index is 1030. The lowest BCUT2D eigenvalue weighted by Gasteiger charge is -2.63. The Morgan fingerprint density at radius 1 is 1.06 bits per heavy atom. The van der Waals surface area contributed by atoms with Gasteiger partial charge in [-0.1, -0.05) is 13.8 Å². The summed E-state index contributed by atoms with van der Waals surface area (Å²) in [5.41, 5.74) is 0.0404. The second-order valence-corrected chi connectivity index (χ2v) is 12.9. The topological polar surface area (TPSA) is 92.0 Å². The summed E-state index contributed by atoms with van der Waals surface area (Å²) in [5.74, 6) is 1.57. The number of amides is 1. The highest BCUT2D eigenvalue weighted by atomic mass is 16.6. The summed E-state index contributed by atoms with van der Waals surface area (Å²) in [6, 6.07) is 3.42. The van der Waals surface area contributed by atoms with Crippen LogP contribution in [-0.4, -0.2) is 54.0 Å². The van der Waals surface area contributed by atoms with Gasteiger partial charge >= 0.3 is 11.7 Å². The van der Waals surface area contributed by atoms with E-state index in [1.807, 2.05) is 11.0 Å². The molecule has 4 saturated carbocycles. The van der Waals surface area contributed by atoms with Gasteiger partial charge in [-0.05, 0) is 98.5 Å². The van der Waals surface area contributed by atoms with Crippen LogP contribution in [0.2, 0.25) is 0 Å². The van der Waals surface area contributed by atoms with Crippen LogP contribution in [0, 0.1) is 28.6 Å². The number of piperazine rings is 1. The molecular weight excluding hydrogens is 456 g/mol. The van der Waals surface area contributed by atoms with Crippen LogP contribution in [-0.2, 0) is 4.74 Å². The van der Waals surface area contributed by atoms with Gasteiger partial charge in [0.15, 0.2) is 0 Å². The van der Waals surface area contributed by atoms with Crippen LogP contribution in [0.25, 0.3) is 0 Å². The van der Waals surface area contributed by atoms with Crippen LogP contribution in [0.5, 0.6) is 0 Å². The van der Waals surface area contributed by atoms with Gasteiger partial charge in [-0.25, -0.2) is 9.59 Å². The summed E-state index contributed by atoms with van der Waals surface area (Å²) < 4.78 is 11.2. The van der Waals surface area contributed by atoms with Crippen LogP contribution in [0.15, 0.2) is 27.6 Å². The molecule has 6 rings (SSSR count). The van der Waals surface area contributed by atoms with E-state index in [4.69, 9.17) is 9.15 Å². The maximum Gasteiger partial charge on any atom is 0.410 e. The minimum absolute atomic E-state index is 0.0163. The van der Waals surface area contributed by atoms with Crippen molar-refractivity contribution in [3.05, 3.63) is 34.4 Å². The summed E-state index contributed by atoms with van der Waals surface area (Å²) in [7, 11) is 0. The van der Waals surface area contributed by atoms with Crippen molar-refractivity contribution >= 4 is 6.09 Å². The van der Waals surface area contributed by atoms with E-state index >= 15 is 0 Å². The highest BCUT2D eigenvalue weighted by Crippen LogP contribution is 2.70. The molecule has 1 unspecified atom stereocenters. The Morgan fingerprint density at radius 2 is 1.86 bits per heavy atom. The van der Waals surface area contributed by atoms with E-state index in [1.54, 1.807) is 6.26 Å². The fourth-order valence-corrected chi connectivity index (χ4v) is 9.46. The van der Waals surface area contributed by atoms with Gasteiger partial charge in [0, 0.05) is 37.7 Å². The maximum absolute atomic E-state index is 12.7. The second-order valence-electron chi connectivity index (χ2n) is 12.9. The number of rotatable bonds is 2. The summed E-state index contributed by atoms with van der Waals surface area (Å²) >= 11 is 0. The molecule has 36 heavy (non-hydrogen) atoms. The zero-order valence-electron chi connectivity index (χ0n) is 21.8. The Labute approximate surface area is 214 Å². The number of hydrogen-bond donors (Lipinski definition) is 2. The van der Waals surface area contributed by atoms with Crippen LogP contribution >= 0.6 is 0 Å². The minimum atomic E-state index is -0.684. The van der Waals surface area contributed by atoms with E-state index in [2.05, 4.69) is 19.2 Å². The van der Waals surface area contributed by atoms with Crippen molar-refractivity contribution in [2.45, 2.75) is 89.3 Å². The average molecular weight is 499 g/mol. The van der Waals surface area contributed by atoms with Gasteiger partial charge in [-0.15, -0.1) is 0 Å². The maximum atomic E-state index is 12.7. The number of ether oxygens (including phenoxy) is 1. The molecule has 1 aliphatic heterocycles. The standard InChI is InChI=1S/C29H42N2O5/c1-27-10-7-21(36-26(33)31-15-13-30-14-16-31)17-20(27)4-5-24-23(27)8-11-28(2)22(9-12-29(24,28)34)19-3-6-25(32)35-18-19/h3,6,18,20-24,30,34H,4-5,7-17H2,1-2H3/t20?,21-,22+,23-,24+,27-,28+,29-/m0/s1. The number of hydrogen-bond acceptors (Lipinski definition) is 6. The first-order chi connectivity index (χ1) is 17.2. The Hall–Kier alpha value is -1.86. The number of aliphatic hydroxyl groups is 1. The smallest absolute Gasteiger partial charge is 0.410 e. The van der Waals surface area contributed by atoms with Gasteiger partial charge < -0.3 is 24.5 Å². The van der Waals surface area contributed by atoms with Gasteiger partial charge in [-0.2, -0.15) is 0 Å². The highest BCUT2D eigenvalue weighted by Gasteiger charge is 2.67. The molecular formula is C29H42N2O5. The molecule has 4 aliphatic carbocycles. The first-order valence-corrected chi connectivity index (χ1v) is 14.2. The van der Waals surface area contributed by atoms with Gasteiger partial charge in [0.25, 0.3) is 0 Å². The third kappa shape index (κ3) is 3.67. The van der Waals surface area contributed by atoms with Crippen molar-refractivity contribution in [1.29, 1.82) is 0 Å². The third-order valence-electron chi connectivity index (χ3n) is 11.6. The summed E-state index contributed by atoms with van der Waals surface area (Å²) in [4.78, 5) is 26.1. The van der Waals surface area contributed by atoms with Gasteiger partial charge in [0.2, 0.25) is 0 Å². The van der Waals surface area contributed by atoms with Gasteiger partial charge in [0.1, 0.15) is 6.10 Å². The first kappa shape index (κ1) is 24.5. The monoisotopic (exact) mass is 498 g/mol. The first-order valence-electron chi connectivity index (χ1n) is 14.2. The summed E-state index contributed by atoms with van der Waals surface area (Å²) in [6.07, 6.45) is 10.5. The van der Waals surface area contributed by atoms with E-state index in [0.29, 0.717) is 17.8 Å². The van der Waals surface area contributed by atoms with E-state index in [1.165, 1.54) is 6.07 Å². The van der Waals surface area contributed by atoms with E-state index in [0.717, 1.165) is 89.5 Å². The molecule has 1 saturated heterocycles. The molecule has 7 heteroatoms. The molecule has 198 valence electrons. The van der Waals surface area contributed by atoms with Crippen molar-refractivity contribution in [2.75, 3.05) is 26.2 Å². The average Bonchev–Trinajstić information content (AvgIpc) is 3.16. The molecule has 1 aromatic heterocycles. The Morgan fingerprint density at radius 3 is 2.61 bits per heavy atom. The van der Waals surface area contributed by atoms with Crippen molar-refractivity contribution in [1.82, 2.24) is 10.2 Å². The fourth-order valence-electron chi connectivity index (χ4n) is 9.46. The molecule has 1 aromatic rings. The van der Waals surface area contributed by atoms with Gasteiger partial charge in [0.05, 0.1) is 11.9 Å². The molecule has 2 N–H and O–H groups in total. The summed E-state index contributed by atoms with van der Waals surface area (Å²) in [5, 5.41) is 15.7. The molecule has 2 heterocycles. The minimum Gasteiger partial charge on any atom is -0.446 e. The SMILES string of the molecule is C[C@]12CC[C@H](OC(=O)N3CCNCC3)CC1CC[C@@H]1[C@@H]2CC[C@]2(C)[C@@H](c3ccc(=O)oc3)CC[C@]12O. The quantitative estimate of drug-likeness (QED) is 0.632. The predicted octanol–water partition coefficient (Wildman–Crippen LogP) is 4.29. The lowest BCUT2D eigenvalue weighted by molar-refractivity contribution is -0.205. The molecule has 1 amide bonds. The van der Waals surface area contributed by atoms with E-state index in [9.17, 15) is 14.7 Å². The van der Waals surface area contributed by atoms with Crippen molar-refractivity contribution in [2.24, 2.45) is 28.6 Å². The molecule has 8 atom stereocenters. The van der Waals surface area contributed by atoms with Crippen LogP contribution in [0.3, 0.4) is 0 Å². The van der Waals surface area contributed by atoms with Gasteiger partial charge in [-0.3, -0.25) is 0 Å². The zero-order valence-corrected chi connectivity index (χ0v) is 21.8. The Balaban J connectivity index is 1.17. The molecule has 0 aromatic carbocycles. The van der Waals surface area contributed by atoms with Crippen LogP contribution < -0.4 is 10.9 Å². The van der Waals surface area contributed by atoms with E-state index < -0.39 is 5.60 Å². The van der Waals surface area contributed by atoms with Crippen LogP contribution in [0.4, 0.5) is 4.79 Å². The predicted molar refractivity (Wildman–Crippen MR) is 136 cm³/mol. The number of fused-ring (bicyclic) bond motifs is 5. The lowest BCUT2D eigenvalue weighted by Crippen LogP contribution is -2.62. The normalized spacial score (nSPS) is 44.3. The second kappa shape index (κ2) is 8.87. The third-order valence-corrected chi connectivity index (χ3v) is 11.6. The largest absolute Gasteiger partial charge is 0.446 e. The summed E-state index contributed by atoms with van der Waals surface area (Å²) in [6.45, 7) is 7.88. The Kier molecular flexibility index (Phi) is 6.03. The number of carbonyl (C=O) groups excluding carboxylic acids is 1. The zero-order chi connectivity index (χ0) is 25.1. The number of nitrogens with one attached hydrogen (secondary N) is 1. The molecule has 0 radical (unpaired) electrons. The molecule has 0 bridgehead atoms. The number of nitrogens with zero attached hydrogens (tertiary/aromatic N) is 1. The van der Waals surface area contributed by atoms with Crippen LogP contribution in [0.1, 0.15) is 83.1 Å². The number of carbonyl (C=O) groups is 1. The van der Waals surface area contributed by atoms with Crippen molar-refractivity contribution in [3.63, 3.8) is 0 Å². The molecule has 5 fully saturated rings. The molecule has 0 spiro atoms. The van der Waals surface area contributed by atoms with E-state index in [-0.39, 0.29) is 34.6 Å². The van der Waals surface area contributed by atoms with Crippen molar-refractivity contribution in [3.8, 4) is 0 Å². The molecule has 5 aliphatic rings. The highest BCUT2D eigenvalue weighted by molar-refractivity contribution is 5.68. The van der Waals surface area contributed by atoms with Crippen molar-refractivity contribution < 1.29 is 19.1 Å².